The number of carbonyl (C=O) groups excluding carboxylic acids is 1. The topological polar surface area (TPSA) is 88.5 Å². The number of nitrogens with one attached hydrogen (secondary N) is 2. The lowest BCUT2D eigenvalue weighted by atomic mass is 10.2. The normalized spacial score (nSPS) is 11.3. The lowest BCUT2D eigenvalue weighted by molar-refractivity contribution is -0.116. The summed E-state index contributed by atoms with van der Waals surface area (Å²) in [5, 5.41) is 10.8. The maximum absolute atomic E-state index is 14.0. The van der Waals surface area contributed by atoms with Gasteiger partial charge in [0.2, 0.25) is 5.91 Å². The molecule has 0 saturated carbocycles. The second-order valence-corrected chi connectivity index (χ2v) is 6.73. The molecule has 30 heavy (non-hydrogen) atoms. The van der Waals surface area contributed by atoms with Crippen LogP contribution in [-0.4, -0.2) is 30.9 Å². The molecule has 2 N–H and O–H groups in total. The number of fused-ring (bicyclic) bond motifs is 2. The first-order valence-electron chi connectivity index (χ1n) is 9.10. The van der Waals surface area contributed by atoms with Crippen LogP contribution in [0.25, 0.3) is 33.5 Å². The van der Waals surface area contributed by atoms with Crippen molar-refractivity contribution in [1.82, 2.24) is 25.0 Å². The van der Waals surface area contributed by atoms with Gasteiger partial charge in [-0.15, -0.1) is 5.10 Å². The Balaban J connectivity index is 1.38. The smallest absolute Gasteiger partial charge is 0.246 e. The van der Waals surface area contributed by atoms with E-state index in [-0.39, 0.29) is 23.8 Å². The first-order chi connectivity index (χ1) is 14.6. The van der Waals surface area contributed by atoms with Gasteiger partial charge < -0.3 is 10.3 Å². The van der Waals surface area contributed by atoms with Gasteiger partial charge in [0.25, 0.3) is 0 Å². The molecule has 0 aliphatic carbocycles. The van der Waals surface area contributed by atoms with Crippen molar-refractivity contribution in [1.29, 1.82) is 0 Å². The first kappa shape index (κ1) is 17.9. The molecule has 0 saturated heterocycles. The number of anilines is 1. The van der Waals surface area contributed by atoms with Gasteiger partial charge in [-0.3, -0.25) is 4.79 Å². The third kappa shape index (κ3) is 3.26. The maximum atomic E-state index is 14.0. The number of carbonyl (C=O) groups is 1. The molecular formula is C21H14F2N6O. The molecule has 0 bridgehead atoms. The van der Waals surface area contributed by atoms with Gasteiger partial charge in [0, 0.05) is 5.69 Å². The first-order valence-corrected chi connectivity index (χ1v) is 9.10. The Labute approximate surface area is 168 Å². The summed E-state index contributed by atoms with van der Waals surface area (Å²) in [7, 11) is 0. The second-order valence-electron chi connectivity index (χ2n) is 6.73. The third-order valence-corrected chi connectivity index (χ3v) is 4.66. The Morgan fingerprint density at radius 3 is 2.80 bits per heavy atom. The summed E-state index contributed by atoms with van der Waals surface area (Å²) in [4.78, 5) is 19.7. The zero-order valence-electron chi connectivity index (χ0n) is 15.4. The van der Waals surface area contributed by atoms with E-state index in [1.54, 1.807) is 18.2 Å². The minimum Gasteiger partial charge on any atom is -0.338 e. The van der Waals surface area contributed by atoms with Gasteiger partial charge in [-0.2, -0.15) is 0 Å². The zero-order chi connectivity index (χ0) is 20.7. The summed E-state index contributed by atoms with van der Waals surface area (Å²) >= 11 is 0. The standard InChI is InChI=1S/C21H14F2N6O/c22-12-5-7-15(23)14(9-12)21-25-16-8-6-13(10-18(16)26-21)24-20(30)11-29-19-4-2-1-3-17(19)27-28-29/h1-10H,11H2,(H,24,30)(H,25,26). The maximum Gasteiger partial charge on any atom is 0.246 e. The van der Waals surface area contributed by atoms with Crippen LogP contribution in [0.2, 0.25) is 0 Å². The summed E-state index contributed by atoms with van der Waals surface area (Å²) in [6.45, 7) is 0.00127. The lowest BCUT2D eigenvalue weighted by Crippen LogP contribution is -2.19. The monoisotopic (exact) mass is 404 g/mol. The molecule has 1 amide bonds. The van der Waals surface area contributed by atoms with Gasteiger partial charge in [0.05, 0.1) is 22.1 Å². The summed E-state index contributed by atoms with van der Waals surface area (Å²) < 4.78 is 29.0. The minimum absolute atomic E-state index is 0.00127. The van der Waals surface area contributed by atoms with Crippen LogP contribution in [0, 0.1) is 11.6 Å². The molecule has 2 aromatic heterocycles. The van der Waals surface area contributed by atoms with Crippen LogP contribution in [0.15, 0.2) is 60.7 Å². The van der Waals surface area contributed by atoms with Crippen LogP contribution >= 0.6 is 0 Å². The number of hydrogen-bond acceptors (Lipinski definition) is 4. The summed E-state index contributed by atoms with van der Waals surface area (Å²) in [5.41, 5.74) is 3.19. The largest absolute Gasteiger partial charge is 0.338 e. The molecule has 148 valence electrons. The Morgan fingerprint density at radius 1 is 1.03 bits per heavy atom. The number of hydrogen-bond donors (Lipinski definition) is 2. The number of para-hydroxylation sites is 1. The van der Waals surface area contributed by atoms with Crippen molar-refractivity contribution in [2.45, 2.75) is 6.54 Å². The van der Waals surface area contributed by atoms with Crippen molar-refractivity contribution in [2.24, 2.45) is 0 Å². The molecule has 2 heterocycles. The number of amides is 1. The highest BCUT2D eigenvalue weighted by Crippen LogP contribution is 2.25. The van der Waals surface area contributed by atoms with Crippen molar-refractivity contribution >= 4 is 33.7 Å². The lowest BCUT2D eigenvalue weighted by Gasteiger charge is -2.05. The van der Waals surface area contributed by atoms with Crippen molar-refractivity contribution in [3.8, 4) is 11.4 Å². The Bertz CT molecular complexity index is 1410. The molecule has 9 heteroatoms. The van der Waals surface area contributed by atoms with Crippen LogP contribution in [0.4, 0.5) is 14.5 Å². The van der Waals surface area contributed by atoms with Crippen molar-refractivity contribution in [3.63, 3.8) is 0 Å². The Morgan fingerprint density at radius 2 is 1.90 bits per heavy atom. The summed E-state index contributed by atoms with van der Waals surface area (Å²) in [6, 6.07) is 15.6. The van der Waals surface area contributed by atoms with Crippen LogP contribution in [0.3, 0.4) is 0 Å². The number of halogens is 2. The van der Waals surface area contributed by atoms with E-state index in [4.69, 9.17) is 0 Å². The number of aromatic amines is 1. The number of imidazole rings is 1. The van der Waals surface area contributed by atoms with Gasteiger partial charge >= 0.3 is 0 Å². The number of rotatable bonds is 4. The van der Waals surface area contributed by atoms with Crippen LogP contribution in [0.5, 0.6) is 0 Å². The van der Waals surface area contributed by atoms with Gasteiger partial charge in [0.1, 0.15) is 29.5 Å². The molecule has 5 rings (SSSR count). The number of nitrogens with zero attached hydrogens (tertiary/aromatic N) is 4. The Hall–Kier alpha value is -4.14. The molecule has 0 spiro atoms. The van der Waals surface area contributed by atoms with Crippen LogP contribution < -0.4 is 5.32 Å². The predicted octanol–water partition coefficient (Wildman–Crippen LogP) is 3.89. The molecule has 3 aromatic carbocycles. The minimum atomic E-state index is -0.580. The molecule has 7 nitrogen and oxygen atoms in total. The Kier molecular flexibility index (Phi) is 4.20. The molecule has 0 unspecified atom stereocenters. The molecule has 0 radical (unpaired) electrons. The highest BCUT2D eigenvalue weighted by molar-refractivity contribution is 5.94. The van der Waals surface area contributed by atoms with E-state index in [1.807, 2.05) is 24.3 Å². The zero-order valence-corrected chi connectivity index (χ0v) is 15.4. The molecule has 0 atom stereocenters. The quantitative estimate of drug-likeness (QED) is 0.476. The average molecular weight is 404 g/mol. The van der Waals surface area contributed by atoms with E-state index in [0.29, 0.717) is 22.2 Å². The summed E-state index contributed by atoms with van der Waals surface area (Å²) in [5.74, 6) is -1.20. The fourth-order valence-electron chi connectivity index (χ4n) is 3.26. The van der Waals surface area contributed by atoms with Gasteiger partial charge in [0.15, 0.2) is 0 Å². The highest BCUT2D eigenvalue weighted by atomic mass is 19.1. The van der Waals surface area contributed by atoms with Gasteiger partial charge in [-0.05, 0) is 48.5 Å². The van der Waals surface area contributed by atoms with Gasteiger partial charge in [-0.1, -0.05) is 17.3 Å². The summed E-state index contributed by atoms with van der Waals surface area (Å²) in [6.07, 6.45) is 0. The fourth-order valence-corrected chi connectivity index (χ4v) is 3.26. The van der Waals surface area contributed by atoms with E-state index >= 15 is 0 Å². The van der Waals surface area contributed by atoms with E-state index in [0.717, 1.165) is 23.7 Å². The van der Waals surface area contributed by atoms with Crippen molar-refractivity contribution < 1.29 is 13.6 Å². The van der Waals surface area contributed by atoms with E-state index in [2.05, 4.69) is 25.6 Å². The SMILES string of the molecule is O=C(Cn1nnc2ccccc21)Nc1ccc2nc(-c3cc(F)ccc3F)[nH]c2c1. The van der Waals surface area contributed by atoms with E-state index < -0.39 is 11.6 Å². The highest BCUT2D eigenvalue weighted by Gasteiger charge is 2.13. The predicted molar refractivity (Wildman–Crippen MR) is 108 cm³/mol. The number of benzene rings is 3. The van der Waals surface area contributed by atoms with Gasteiger partial charge in [-0.25, -0.2) is 18.4 Å². The van der Waals surface area contributed by atoms with Crippen LogP contribution in [0.1, 0.15) is 0 Å². The molecular weight excluding hydrogens is 390 g/mol. The molecule has 0 aliphatic heterocycles. The van der Waals surface area contributed by atoms with Crippen LogP contribution in [-0.2, 0) is 11.3 Å². The molecule has 0 aliphatic rings. The number of H-pyrrole nitrogens is 1. The average Bonchev–Trinajstić information content (AvgIpc) is 3.34. The van der Waals surface area contributed by atoms with E-state index in [1.165, 1.54) is 4.68 Å². The third-order valence-electron chi connectivity index (χ3n) is 4.66. The van der Waals surface area contributed by atoms with E-state index in [9.17, 15) is 13.6 Å². The van der Waals surface area contributed by atoms with Crippen molar-refractivity contribution in [3.05, 3.63) is 72.3 Å². The van der Waals surface area contributed by atoms with Crippen molar-refractivity contribution in [2.75, 3.05) is 5.32 Å². The molecule has 0 fully saturated rings. The second kappa shape index (κ2) is 7.03. The fraction of sp³-hybridized carbons (Fsp3) is 0.0476. The molecule has 5 aromatic rings. The number of aromatic nitrogens is 5.